The molecule has 1 heterocycles. The Morgan fingerprint density at radius 1 is 0.358 bits per heavy atom. The van der Waals surface area contributed by atoms with Gasteiger partial charge in [-0.25, -0.2) is 0 Å². The molecule has 8 aromatic carbocycles. The number of para-hydroxylation sites is 2. The second kappa shape index (κ2) is 14.3. The topological polar surface area (TPSA) is 4.93 Å². The van der Waals surface area contributed by atoms with E-state index in [4.69, 9.17) is 0 Å². The number of hydrogen-bond acceptors (Lipinski definition) is 0. The van der Waals surface area contributed by atoms with Gasteiger partial charge in [-0.15, -0.1) is 0 Å². The number of fused-ring (bicyclic) bond motifs is 3. The van der Waals surface area contributed by atoms with Gasteiger partial charge in [-0.2, -0.15) is 0 Å². The molecule has 0 aliphatic heterocycles. The molecular weight excluding hydrogens is 639 g/mol. The molecule has 0 N–H and O–H groups in total. The zero-order valence-corrected chi connectivity index (χ0v) is 29.9. The number of hydrogen-bond donors (Lipinski definition) is 0. The monoisotopic (exact) mass is 679 g/mol. The first-order chi connectivity index (χ1) is 26.2. The fraction of sp³-hybridized carbons (Fsp3) is 0.0769. The minimum atomic E-state index is 0.318. The van der Waals surface area contributed by atoms with Gasteiger partial charge in [0.1, 0.15) is 0 Å². The molecule has 0 saturated heterocycles. The molecule has 1 heteroatoms. The van der Waals surface area contributed by atoms with Crippen LogP contribution in [0.15, 0.2) is 206 Å². The van der Waals surface area contributed by atoms with Gasteiger partial charge in [0.25, 0.3) is 0 Å². The lowest BCUT2D eigenvalue weighted by atomic mass is 9.78. The summed E-state index contributed by atoms with van der Waals surface area (Å²) in [6, 6.07) is 75.4. The van der Waals surface area contributed by atoms with Crippen molar-refractivity contribution < 1.29 is 0 Å². The van der Waals surface area contributed by atoms with Crippen LogP contribution >= 0.6 is 0 Å². The highest BCUT2D eigenvalue weighted by Gasteiger charge is 2.22. The Hall–Kier alpha value is -6.44. The Balaban J connectivity index is 0.996. The first-order valence-corrected chi connectivity index (χ1v) is 18.7. The quantitative estimate of drug-likeness (QED) is 0.143. The van der Waals surface area contributed by atoms with Crippen LogP contribution in [0.1, 0.15) is 35.4 Å². The van der Waals surface area contributed by atoms with Crippen molar-refractivity contribution in [3.05, 3.63) is 223 Å². The Labute approximate surface area is 312 Å². The van der Waals surface area contributed by atoms with Crippen molar-refractivity contribution in [1.82, 2.24) is 4.57 Å². The highest BCUT2D eigenvalue weighted by molar-refractivity contribution is 6.09. The Kier molecular flexibility index (Phi) is 8.75. The van der Waals surface area contributed by atoms with Crippen LogP contribution in [0.3, 0.4) is 0 Å². The molecule has 0 aliphatic rings. The lowest BCUT2D eigenvalue weighted by molar-refractivity contribution is 0.572. The van der Waals surface area contributed by atoms with E-state index < -0.39 is 0 Å². The summed E-state index contributed by atoms with van der Waals surface area (Å²) in [6.45, 7) is 2.39. The molecule has 0 bridgehead atoms. The molecule has 0 fully saturated rings. The van der Waals surface area contributed by atoms with Crippen LogP contribution in [-0.2, 0) is 6.42 Å². The molecule has 254 valence electrons. The van der Waals surface area contributed by atoms with Gasteiger partial charge >= 0.3 is 0 Å². The first-order valence-electron chi connectivity index (χ1n) is 18.7. The van der Waals surface area contributed by atoms with Crippen LogP contribution in [0.25, 0.3) is 60.9 Å². The van der Waals surface area contributed by atoms with E-state index in [0.717, 1.165) is 6.42 Å². The molecule has 2 atom stereocenters. The fourth-order valence-corrected chi connectivity index (χ4v) is 8.07. The third-order valence-electron chi connectivity index (χ3n) is 11.0. The van der Waals surface area contributed by atoms with Crippen molar-refractivity contribution in [2.24, 2.45) is 0 Å². The van der Waals surface area contributed by atoms with Gasteiger partial charge < -0.3 is 4.57 Å². The average Bonchev–Trinajstić information content (AvgIpc) is 3.58. The van der Waals surface area contributed by atoms with Crippen molar-refractivity contribution in [3.63, 3.8) is 0 Å². The molecule has 0 amide bonds. The van der Waals surface area contributed by atoms with E-state index in [1.165, 1.54) is 77.6 Å². The lowest BCUT2D eigenvalue weighted by Crippen LogP contribution is -2.12. The maximum absolute atomic E-state index is 2.39. The summed E-state index contributed by atoms with van der Waals surface area (Å²) in [4.78, 5) is 0. The summed E-state index contributed by atoms with van der Waals surface area (Å²) in [5.41, 5.74) is 15.2. The number of benzene rings is 8. The van der Waals surface area contributed by atoms with Crippen LogP contribution in [-0.4, -0.2) is 4.57 Å². The van der Waals surface area contributed by atoms with Gasteiger partial charge in [0.05, 0.1) is 11.0 Å². The fourth-order valence-electron chi connectivity index (χ4n) is 8.07. The van der Waals surface area contributed by atoms with E-state index in [9.17, 15) is 0 Å². The van der Waals surface area contributed by atoms with E-state index in [0.29, 0.717) is 11.8 Å². The summed E-state index contributed by atoms with van der Waals surface area (Å²) in [6.07, 6.45) is 0.965. The maximum Gasteiger partial charge on any atom is 0.0541 e. The van der Waals surface area contributed by atoms with Crippen LogP contribution in [0.5, 0.6) is 0 Å². The predicted octanol–water partition coefficient (Wildman–Crippen LogP) is 13.9. The zero-order chi connectivity index (χ0) is 35.6. The van der Waals surface area contributed by atoms with Crippen molar-refractivity contribution >= 4 is 21.8 Å². The van der Waals surface area contributed by atoms with E-state index in [-0.39, 0.29) is 0 Å². The molecule has 0 aliphatic carbocycles. The van der Waals surface area contributed by atoms with Crippen molar-refractivity contribution in [3.8, 4) is 39.1 Å². The largest absolute Gasteiger partial charge is 0.309 e. The first kappa shape index (κ1) is 32.5. The average molecular weight is 680 g/mol. The molecule has 9 aromatic rings. The summed E-state index contributed by atoms with van der Waals surface area (Å²) in [7, 11) is 0. The molecule has 1 nitrogen and oxygen atoms in total. The summed E-state index contributed by atoms with van der Waals surface area (Å²) >= 11 is 0. The minimum Gasteiger partial charge on any atom is -0.309 e. The number of nitrogens with zero attached hydrogens (tertiary/aromatic N) is 1. The number of rotatable bonds is 9. The molecule has 1 aromatic heterocycles. The molecule has 0 saturated carbocycles. The molecule has 0 radical (unpaired) electrons. The van der Waals surface area contributed by atoms with Gasteiger partial charge in [-0.05, 0) is 92.6 Å². The highest BCUT2D eigenvalue weighted by Crippen LogP contribution is 2.38. The summed E-state index contributed by atoms with van der Waals surface area (Å²) in [5, 5.41) is 2.57. The SMILES string of the molecule is C[C@H](c1ccc(-c2ccc(-n3c4ccccc4c4ccccc43)cc2)cc1)[C@@H](Cc1ccc(-c2ccccc2)cc1)c1ccc(-c2ccccc2)cc1. The Morgan fingerprint density at radius 2 is 0.736 bits per heavy atom. The van der Waals surface area contributed by atoms with Crippen molar-refractivity contribution in [2.75, 3.05) is 0 Å². The normalized spacial score (nSPS) is 12.5. The van der Waals surface area contributed by atoms with Crippen LogP contribution < -0.4 is 0 Å². The standard InChI is InChI=1S/C52H41N/c1-37(39-24-26-44(27-25-39)45-32-34-47(35-33-45)53-51-18-10-8-16-48(51)49-17-9-11-19-52(49)53)50(46-30-28-43(29-31-46)41-14-6-3-7-15-41)36-38-20-22-42(23-21-38)40-12-4-2-5-13-40/h2-35,37,50H,36H2,1H3/t37-,50-/m1/s1. The molecule has 0 unspecified atom stereocenters. The van der Waals surface area contributed by atoms with Gasteiger partial charge in [0.15, 0.2) is 0 Å². The minimum absolute atomic E-state index is 0.318. The van der Waals surface area contributed by atoms with E-state index in [2.05, 4.69) is 218 Å². The van der Waals surface area contributed by atoms with Gasteiger partial charge in [-0.1, -0.05) is 189 Å². The van der Waals surface area contributed by atoms with Crippen molar-refractivity contribution in [2.45, 2.75) is 25.2 Å². The Bertz CT molecular complexity index is 2540. The van der Waals surface area contributed by atoms with Gasteiger partial charge in [0.2, 0.25) is 0 Å². The van der Waals surface area contributed by atoms with Crippen LogP contribution in [0.4, 0.5) is 0 Å². The summed E-state index contributed by atoms with van der Waals surface area (Å²) in [5.74, 6) is 0.636. The molecule has 53 heavy (non-hydrogen) atoms. The molecule has 9 rings (SSSR count). The second-order valence-corrected chi connectivity index (χ2v) is 14.2. The molecule has 0 spiro atoms. The van der Waals surface area contributed by atoms with Crippen molar-refractivity contribution in [1.29, 1.82) is 0 Å². The maximum atomic E-state index is 2.39. The second-order valence-electron chi connectivity index (χ2n) is 14.2. The third-order valence-corrected chi connectivity index (χ3v) is 11.0. The smallest absolute Gasteiger partial charge is 0.0541 e. The highest BCUT2D eigenvalue weighted by atomic mass is 15.0. The lowest BCUT2D eigenvalue weighted by Gasteiger charge is -2.26. The van der Waals surface area contributed by atoms with Crippen LogP contribution in [0, 0.1) is 0 Å². The summed E-state index contributed by atoms with van der Waals surface area (Å²) < 4.78 is 2.38. The van der Waals surface area contributed by atoms with Gasteiger partial charge in [0, 0.05) is 16.5 Å². The molecular formula is C52H41N. The van der Waals surface area contributed by atoms with Gasteiger partial charge in [-0.3, -0.25) is 0 Å². The third kappa shape index (κ3) is 6.47. The van der Waals surface area contributed by atoms with Crippen LogP contribution in [0.2, 0.25) is 0 Å². The predicted molar refractivity (Wildman–Crippen MR) is 225 cm³/mol. The van der Waals surface area contributed by atoms with E-state index in [1.807, 2.05) is 0 Å². The Morgan fingerprint density at radius 3 is 1.23 bits per heavy atom. The van der Waals surface area contributed by atoms with E-state index >= 15 is 0 Å². The number of aromatic nitrogens is 1. The van der Waals surface area contributed by atoms with E-state index in [1.54, 1.807) is 0 Å². The zero-order valence-electron chi connectivity index (χ0n) is 29.9.